The van der Waals surface area contributed by atoms with Crippen LogP contribution in [0.4, 0.5) is 18.9 Å². The molecule has 0 aliphatic carbocycles. The van der Waals surface area contributed by atoms with Crippen molar-refractivity contribution in [3.63, 3.8) is 0 Å². The highest BCUT2D eigenvalue weighted by atomic mass is 19.2. The zero-order chi connectivity index (χ0) is 15.6. The number of quaternary nitrogens is 1. The summed E-state index contributed by atoms with van der Waals surface area (Å²) in [7, 11) is 0. The quantitative estimate of drug-likeness (QED) is 0.834. The molecule has 0 saturated heterocycles. The standard InChI is InChI=1S/C14H11F3N2O2/c15-10-5-9(11(16)13(20)12(10)17)14(21)19-8-3-1-2-7(4-8)6-18/h1-5,20H,6,18H2,(H,19,21). The molecule has 21 heavy (non-hydrogen) atoms. The van der Waals surface area contributed by atoms with Crippen molar-refractivity contribution in [1.82, 2.24) is 0 Å². The van der Waals surface area contributed by atoms with Crippen molar-refractivity contribution in [3.05, 3.63) is 58.9 Å². The SMILES string of the molecule is [NH3+]Cc1cccc(NC(=O)c2cc(F)c(F)c([O-])c2F)c1. The van der Waals surface area contributed by atoms with Gasteiger partial charge in [0, 0.05) is 11.3 Å². The first-order chi connectivity index (χ1) is 9.93. The van der Waals surface area contributed by atoms with E-state index in [1.54, 1.807) is 18.2 Å². The third-order valence-electron chi connectivity index (χ3n) is 2.83. The summed E-state index contributed by atoms with van der Waals surface area (Å²) in [5, 5.41) is 13.4. The molecule has 2 aromatic rings. The number of carbonyl (C=O) groups excluding carboxylic acids is 1. The predicted octanol–water partition coefficient (Wildman–Crippen LogP) is 1.17. The van der Waals surface area contributed by atoms with Gasteiger partial charge >= 0.3 is 0 Å². The van der Waals surface area contributed by atoms with E-state index in [-0.39, 0.29) is 0 Å². The minimum absolute atomic E-state index is 0.331. The van der Waals surface area contributed by atoms with Gasteiger partial charge in [-0.3, -0.25) is 4.79 Å². The molecule has 0 aliphatic rings. The maximum atomic E-state index is 13.6. The minimum Gasteiger partial charge on any atom is -0.868 e. The second-order valence-electron chi connectivity index (χ2n) is 4.27. The van der Waals surface area contributed by atoms with Gasteiger partial charge in [-0.1, -0.05) is 12.1 Å². The highest BCUT2D eigenvalue weighted by molar-refractivity contribution is 6.04. The van der Waals surface area contributed by atoms with Crippen molar-refractivity contribution in [3.8, 4) is 5.75 Å². The van der Waals surface area contributed by atoms with Gasteiger partial charge in [-0.2, -0.15) is 0 Å². The molecule has 4 nitrogen and oxygen atoms in total. The highest BCUT2D eigenvalue weighted by Gasteiger charge is 2.18. The van der Waals surface area contributed by atoms with Gasteiger partial charge in [0.15, 0.2) is 11.6 Å². The fraction of sp³-hybridized carbons (Fsp3) is 0.0714. The molecule has 2 rings (SSSR count). The first kappa shape index (κ1) is 14.9. The second kappa shape index (κ2) is 5.84. The molecule has 4 N–H and O–H groups in total. The van der Waals surface area contributed by atoms with Crippen LogP contribution in [0.1, 0.15) is 15.9 Å². The van der Waals surface area contributed by atoms with Crippen LogP contribution < -0.4 is 16.2 Å². The van der Waals surface area contributed by atoms with Gasteiger partial charge in [0.1, 0.15) is 5.82 Å². The van der Waals surface area contributed by atoms with Crippen LogP contribution in [0.5, 0.6) is 5.75 Å². The summed E-state index contributed by atoms with van der Waals surface area (Å²) >= 11 is 0. The maximum Gasteiger partial charge on any atom is 0.258 e. The molecule has 1 amide bonds. The number of hydrogen-bond acceptors (Lipinski definition) is 2. The summed E-state index contributed by atoms with van der Waals surface area (Å²) in [4.78, 5) is 11.9. The molecule has 0 bridgehead atoms. The Labute approximate surface area is 118 Å². The number of carbonyl (C=O) groups is 1. The topological polar surface area (TPSA) is 79.8 Å². The maximum absolute atomic E-state index is 13.6. The monoisotopic (exact) mass is 296 g/mol. The van der Waals surface area contributed by atoms with E-state index in [9.17, 15) is 23.1 Å². The van der Waals surface area contributed by atoms with Crippen molar-refractivity contribution in [2.24, 2.45) is 0 Å². The van der Waals surface area contributed by atoms with Crippen LogP contribution in [-0.4, -0.2) is 5.91 Å². The van der Waals surface area contributed by atoms with Gasteiger partial charge in [-0.15, -0.1) is 0 Å². The molecule has 7 heteroatoms. The lowest BCUT2D eigenvalue weighted by Crippen LogP contribution is -2.47. The predicted molar refractivity (Wildman–Crippen MR) is 66.7 cm³/mol. The van der Waals surface area contributed by atoms with Crippen LogP contribution in [0.2, 0.25) is 0 Å². The molecule has 0 unspecified atom stereocenters. The molecule has 0 aromatic heterocycles. The van der Waals surface area contributed by atoms with Crippen molar-refractivity contribution < 1.29 is 28.8 Å². The zero-order valence-electron chi connectivity index (χ0n) is 10.8. The van der Waals surface area contributed by atoms with Crippen LogP contribution >= 0.6 is 0 Å². The first-order valence-corrected chi connectivity index (χ1v) is 5.98. The van der Waals surface area contributed by atoms with E-state index in [0.29, 0.717) is 18.3 Å². The van der Waals surface area contributed by atoms with E-state index < -0.39 is 34.7 Å². The zero-order valence-corrected chi connectivity index (χ0v) is 10.8. The van der Waals surface area contributed by atoms with Gasteiger partial charge < -0.3 is 16.2 Å². The summed E-state index contributed by atoms with van der Waals surface area (Å²) in [6.45, 7) is 0.480. The number of benzene rings is 2. The summed E-state index contributed by atoms with van der Waals surface area (Å²) in [6, 6.07) is 6.91. The number of hydrogen-bond donors (Lipinski definition) is 2. The lowest BCUT2D eigenvalue weighted by molar-refractivity contribution is -0.386. The summed E-state index contributed by atoms with van der Waals surface area (Å²) in [6.07, 6.45) is 0. The molecule has 0 radical (unpaired) electrons. The Hall–Kier alpha value is -2.54. The fourth-order valence-corrected chi connectivity index (χ4v) is 1.75. The third kappa shape index (κ3) is 2.97. The molecule has 0 saturated carbocycles. The van der Waals surface area contributed by atoms with E-state index in [2.05, 4.69) is 11.1 Å². The lowest BCUT2D eigenvalue weighted by atomic mass is 10.1. The molecule has 110 valence electrons. The lowest BCUT2D eigenvalue weighted by Gasteiger charge is -2.13. The van der Waals surface area contributed by atoms with Crippen molar-refractivity contribution in [2.45, 2.75) is 6.54 Å². The molecule has 0 heterocycles. The molecule has 0 spiro atoms. The summed E-state index contributed by atoms with van der Waals surface area (Å²) in [5.74, 6) is -7.85. The molecule has 2 aromatic carbocycles. The number of nitrogens with one attached hydrogen (secondary N) is 1. The van der Waals surface area contributed by atoms with Crippen molar-refractivity contribution in [2.75, 3.05) is 5.32 Å². The molecule has 0 aliphatic heterocycles. The smallest absolute Gasteiger partial charge is 0.258 e. The Morgan fingerprint density at radius 3 is 2.57 bits per heavy atom. The Morgan fingerprint density at radius 1 is 1.19 bits per heavy atom. The first-order valence-electron chi connectivity index (χ1n) is 5.98. The minimum atomic E-state index is -1.84. The largest absolute Gasteiger partial charge is 0.868 e. The van der Waals surface area contributed by atoms with Gasteiger partial charge in [-0.25, -0.2) is 13.2 Å². The summed E-state index contributed by atoms with van der Waals surface area (Å²) < 4.78 is 39.6. The molecular weight excluding hydrogens is 285 g/mol. The highest BCUT2D eigenvalue weighted by Crippen LogP contribution is 2.24. The van der Waals surface area contributed by atoms with Crippen LogP contribution in [-0.2, 0) is 6.54 Å². The molecule has 0 fully saturated rings. The normalized spacial score (nSPS) is 10.5. The van der Waals surface area contributed by atoms with E-state index in [4.69, 9.17) is 0 Å². The van der Waals surface area contributed by atoms with E-state index in [1.807, 2.05) is 0 Å². The van der Waals surface area contributed by atoms with Gasteiger partial charge in [0.2, 0.25) is 0 Å². The average Bonchev–Trinajstić information content (AvgIpc) is 2.48. The molecular formula is C14H11F3N2O2. The van der Waals surface area contributed by atoms with Gasteiger partial charge in [-0.05, 0) is 23.9 Å². The Morgan fingerprint density at radius 2 is 1.90 bits per heavy atom. The van der Waals surface area contributed by atoms with Crippen LogP contribution in [0.3, 0.4) is 0 Å². The third-order valence-corrected chi connectivity index (χ3v) is 2.83. The molecule has 0 atom stereocenters. The van der Waals surface area contributed by atoms with E-state index in [0.717, 1.165) is 5.56 Å². The number of halogens is 3. The van der Waals surface area contributed by atoms with Gasteiger partial charge in [0.25, 0.3) is 5.91 Å². The number of amides is 1. The Kier molecular flexibility index (Phi) is 4.13. The van der Waals surface area contributed by atoms with Crippen LogP contribution in [0.15, 0.2) is 30.3 Å². The van der Waals surface area contributed by atoms with Crippen LogP contribution in [0.25, 0.3) is 0 Å². The summed E-state index contributed by atoms with van der Waals surface area (Å²) in [5.41, 5.74) is 3.98. The van der Waals surface area contributed by atoms with Crippen molar-refractivity contribution >= 4 is 11.6 Å². The Bertz CT molecular complexity index is 705. The average molecular weight is 296 g/mol. The van der Waals surface area contributed by atoms with E-state index in [1.165, 1.54) is 6.07 Å². The fourth-order valence-electron chi connectivity index (χ4n) is 1.75. The number of anilines is 1. The van der Waals surface area contributed by atoms with Gasteiger partial charge in [0.05, 0.1) is 12.1 Å². The Balaban J connectivity index is 2.32. The second-order valence-corrected chi connectivity index (χ2v) is 4.27. The number of rotatable bonds is 3. The van der Waals surface area contributed by atoms with Crippen molar-refractivity contribution in [1.29, 1.82) is 0 Å². The van der Waals surface area contributed by atoms with Crippen LogP contribution in [0, 0.1) is 17.5 Å². The van der Waals surface area contributed by atoms with E-state index >= 15 is 0 Å².